The molecule has 0 saturated carbocycles. The number of para-hydroxylation sites is 1. The van der Waals surface area contributed by atoms with E-state index in [9.17, 15) is 4.79 Å². The van der Waals surface area contributed by atoms with Crippen LogP contribution in [0, 0.1) is 13.8 Å². The molecule has 3 rings (SSSR count). The first-order valence-electron chi connectivity index (χ1n) is 7.75. The quantitative estimate of drug-likeness (QED) is 0.619. The van der Waals surface area contributed by atoms with Crippen LogP contribution in [-0.4, -0.2) is 21.9 Å². The molecule has 3 aromatic rings. The van der Waals surface area contributed by atoms with Gasteiger partial charge in [-0.15, -0.1) is 10.2 Å². The number of hydrogen-bond acceptors (Lipinski definition) is 6. The molecule has 2 aromatic carbocycles. The molecule has 1 amide bonds. The average Bonchev–Trinajstić information content (AvgIpc) is 3.03. The minimum atomic E-state index is -0.0563. The molecule has 0 aliphatic heterocycles. The van der Waals surface area contributed by atoms with Crippen LogP contribution in [0.5, 0.6) is 0 Å². The molecule has 25 heavy (non-hydrogen) atoms. The van der Waals surface area contributed by atoms with Crippen molar-refractivity contribution in [2.24, 2.45) is 0 Å². The summed E-state index contributed by atoms with van der Waals surface area (Å²) < 4.78 is 0.760. The zero-order valence-corrected chi connectivity index (χ0v) is 15.6. The number of benzene rings is 2. The van der Waals surface area contributed by atoms with Crippen molar-refractivity contribution in [2.75, 3.05) is 16.4 Å². The SMILES string of the molecule is Cc1cccc(NC(=O)CSc2nnc(Nc3ccccc3C)s2)c1. The molecule has 0 unspecified atom stereocenters. The van der Waals surface area contributed by atoms with Crippen LogP contribution in [0.2, 0.25) is 0 Å². The molecule has 0 fully saturated rings. The Morgan fingerprint density at radius 1 is 1.12 bits per heavy atom. The summed E-state index contributed by atoms with van der Waals surface area (Å²) in [6, 6.07) is 15.7. The predicted molar refractivity (Wildman–Crippen MR) is 105 cm³/mol. The molecular formula is C18H18N4OS2. The summed E-state index contributed by atoms with van der Waals surface area (Å²) in [6.45, 7) is 4.03. The Labute approximate surface area is 154 Å². The smallest absolute Gasteiger partial charge is 0.234 e. The minimum Gasteiger partial charge on any atom is -0.330 e. The highest BCUT2D eigenvalue weighted by Gasteiger charge is 2.09. The van der Waals surface area contributed by atoms with Crippen LogP contribution < -0.4 is 10.6 Å². The maximum Gasteiger partial charge on any atom is 0.234 e. The number of anilines is 3. The molecule has 0 spiro atoms. The Morgan fingerprint density at radius 2 is 1.96 bits per heavy atom. The third-order valence-corrected chi connectivity index (χ3v) is 5.39. The van der Waals surface area contributed by atoms with Crippen LogP contribution in [0.15, 0.2) is 52.9 Å². The van der Waals surface area contributed by atoms with E-state index < -0.39 is 0 Å². The second-order valence-corrected chi connectivity index (χ2v) is 7.72. The molecule has 128 valence electrons. The lowest BCUT2D eigenvalue weighted by Crippen LogP contribution is -2.13. The summed E-state index contributed by atoms with van der Waals surface area (Å²) in [4.78, 5) is 12.0. The summed E-state index contributed by atoms with van der Waals surface area (Å²) >= 11 is 2.82. The summed E-state index contributed by atoms with van der Waals surface area (Å²) in [5.41, 5.74) is 4.07. The molecule has 0 bridgehead atoms. The van der Waals surface area contributed by atoms with Gasteiger partial charge < -0.3 is 10.6 Å². The third kappa shape index (κ3) is 5.04. The lowest BCUT2D eigenvalue weighted by atomic mass is 10.2. The summed E-state index contributed by atoms with van der Waals surface area (Å²) in [5, 5.41) is 15.1. The van der Waals surface area contributed by atoms with Crippen LogP contribution in [0.25, 0.3) is 0 Å². The van der Waals surface area contributed by atoms with E-state index >= 15 is 0 Å². The molecule has 0 radical (unpaired) electrons. The van der Waals surface area contributed by atoms with Crippen LogP contribution in [0.1, 0.15) is 11.1 Å². The average molecular weight is 371 g/mol. The van der Waals surface area contributed by atoms with Gasteiger partial charge in [-0.3, -0.25) is 4.79 Å². The van der Waals surface area contributed by atoms with E-state index in [1.807, 2.05) is 62.4 Å². The van der Waals surface area contributed by atoms with Crippen molar-refractivity contribution in [3.05, 3.63) is 59.7 Å². The number of aromatic nitrogens is 2. The van der Waals surface area contributed by atoms with Crippen molar-refractivity contribution in [1.82, 2.24) is 10.2 Å². The first-order chi connectivity index (χ1) is 12.1. The van der Waals surface area contributed by atoms with Gasteiger partial charge in [-0.2, -0.15) is 0 Å². The standard InChI is InChI=1S/C18H18N4OS2/c1-12-6-5-8-14(10-12)19-16(23)11-24-18-22-21-17(25-18)20-15-9-4-3-7-13(15)2/h3-10H,11H2,1-2H3,(H,19,23)(H,20,21). The van der Waals surface area contributed by atoms with Gasteiger partial charge in [-0.05, 0) is 43.2 Å². The van der Waals surface area contributed by atoms with Gasteiger partial charge in [0.2, 0.25) is 11.0 Å². The highest BCUT2D eigenvalue weighted by atomic mass is 32.2. The molecular weight excluding hydrogens is 352 g/mol. The van der Waals surface area contributed by atoms with E-state index in [1.165, 1.54) is 23.1 Å². The number of nitrogens with one attached hydrogen (secondary N) is 2. The van der Waals surface area contributed by atoms with E-state index in [2.05, 4.69) is 20.8 Å². The van der Waals surface area contributed by atoms with E-state index in [1.54, 1.807) is 0 Å². The van der Waals surface area contributed by atoms with Crippen molar-refractivity contribution < 1.29 is 4.79 Å². The van der Waals surface area contributed by atoms with Gasteiger partial charge in [-0.1, -0.05) is 53.4 Å². The number of amides is 1. The molecule has 1 aromatic heterocycles. The van der Waals surface area contributed by atoms with E-state index in [4.69, 9.17) is 0 Å². The largest absolute Gasteiger partial charge is 0.330 e. The molecule has 5 nitrogen and oxygen atoms in total. The molecule has 7 heteroatoms. The van der Waals surface area contributed by atoms with Gasteiger partial charge in [0, 0.05) is 11.4 Å². The summed E-state index contributed by atoms with van der Waals surface area (Å²) in [7, 11) is 0. The fourth-order valence-corrected chi connectivity index (χ4v) is 3.76. The summed E-state index contributed by atoms with van der Waals surface area (Å²) in [5.74, 6) is 0.242. The Kier molecular flexibility index (Phi) is 5.67. The topological polar surface area (TPSA) is 66.9 Å². The van der Waals surface area contributed by atoms with E-state index in [-0.39, 0.29) is 5.91 Å². The van der Waals surface area contributed by atoms with Gasteiger partial charge >= 0.3 is 0 Å². The highest BCUT2D eigenvalue weighted by Crippen LogP contribution is 2.28. The summed E-state index contributed by atoms with van der Waals surface area (Å²) in [6.07, 6.45) is 0. The number of hydrogen-bond donors (Lipinski definition) is 2. The lowest BCUT2D eigenvalue weighted by Gasteiger charge is -2.05. The van der Waals surface area contributed by atoms with Crippen molar-refractivity contribution in [1.29, 1.82) is 0 Å². The zero-order chi connectivity index (χ0) is 17.6. The molecule has 0 aliphatic rings. The van der Waals surface area contributed by atoms with Gasteiger partial charge in [-0.25, -0.2) is 0 Å². The fraction of sp³-hybridized carbons (Fsp3) is 0.167. The Bertz CT molecular complexity index is 879. The minimum absolute atomic E-state index is 0.0563. The van der Waals surface area contributed by atoms with E-state index in [0.29, 0.717) is 5.75 Å². The van der Waals surface area contributed by atoms with Crippen molar-refractivity contribution >= 4 is 45.5 Å². The monoisotopic (exact) mass is 370 g/mol. The van der Waals surface area contributed by atoms with Crippen LogP contribution in [0.4, 0.5) is 16.5 Å². The van der Waals surface area contributed by atoms with Gasteiger partial charge in [0.25, 0.3) is 0 Å². The number of thioether (sulfide) groups is 1. The van der Waals surface area contributed by atoms with Crippen molar-refractivity contribution in [3.63, 3.8) is 0 Å². The number of aryl methyl sites for hydroxylation is 2. The molecule has 2 N–H and O–H groups in total. The number of carbonyl (C=O) groups is 1. The second kappa shape index (κ2) is 8.13. The highest BCUT2D eigenvalue weighted by molar-refractivity contribution is 8.01. The first kappa shape index (κ1) is 17.4. The van der Waals surface area contributed by atoms with Crippen LogP contribution >= 0.6 is 23.1 Å². The number of rotatable bonds is 6. The van der Waals surface area contributed by atoms with Gasteiger partial charge in [0.05, 0.1) is 5.75 Å². The number of carbonyl (C=O) groups excluding carboxylic acids is 1. The van der Waals surface area contributed by atoms with Crippen molar-refractivity contribution in [3.8, 4) is 0 Å². The third-order valence-electron chi connectivity index (χ3n) is 3.42. The van der Waals surface area contributed by atoms with Crippen LogP contribution in [0.3, 0.4) is 0 Å². The maximum absolute atomic E-state index is 12.0. The van der Waals surface area contributed by atoms with Gasteiger partial charge in [0.15, 0.2) is 4.34 Å². The molecule has 0 atom stereocenters. The maximum atomic E-state index is 12.0. The molecule has 1 heterocycles. The normalized spacial score (nSPS) is 10.5. The molecule has 0 saturated heterocycles. The Morgan fingerprint density at radius 3 is 2.76 bits per heavy atom. The van der Waals surface area contributed by atoms with Crippen molar-refractivity contribution in [2.45, 2.75) is 18.2 Å². The Balaban J connectivity index is 1.53. The van der Waals surface area contributed by atoms with E-state index in [0.717, 1.165) is 32.0 Å². The molecule has 0 aliphatic carbocycles. The second-order valence-electron chi connectivity index (χ2n) is 5.52. The zero-order valence-electron chi connectivity index (χ0n) is 13.9. The van der Waals surface area contributed by atoms with Crippen LogP contribution in [-0.2, 0) is 4.79 Å². The van der Waals surface area contributed by atoms with Gasteiger partial charge in [0.1, 0.15) is 0 Å². The fourth-order valence-electron chi connectivity index (χ4n) is 2.19. The first-order valence-corrected chi connectivity index (χ1v) is 9.56. The lowest BCUT2D eigenvalue weighted by molar-refractivity contribution is -0.113. The Hall–Kier alpha value is -2.38. The number of nitrogens with zero attached hydrogens (tertiary/aromatic N) is 2. The predicted octanol–water partition coefficient (Wildman–Crippen LogP) is 4.63.